The van der Waals surface area contributed by atoms with Gasteiger partial charge < -0.3 is 34.1 Å². The highest BCUT2D eigenvalue weighted by Gasteiger charge is 2.27. The van der Waals surface area contributed by atoms with Crippen LogP contribution >= 0.6 is 19.8 Å². The first-order valence-corrected chi connectivity index (χ1v) is 19.4. The van der Waals surface area contributed by atoms with Crippen LogP contribution in [0.1, 0.15) is 141 Å². The van der Waals surface area contributed by atoms with E-state index >= 15 is 0 Å². The molecule has 0 spiro atoms. The van der Waals surface area contributed by atoms with E-state index in [1.54, 1.807) is 0 Å². The van der Waals surface area contributed by atoms with Gasteiger partial charge in [0, 0.05) is 11.1 Å². The predicted molar refractivity (Wildman–Crippen MR) is 224 cm³/mol. The van der Waals surface area contributed by atoms with E-state index in [4.69, 9.17) is 25.1 Å². The Balaban J connectivity index is -0.000000355. The van der Waals surface area contributed by atoms with E-state index in [1.165, 1.54) is 161 Å². The summed E-state index contributed by atoms with van der Waals surface area (Å²) in [5.74, 6) is 0. The highest BCUT2D eigenvalue weighted by molar-refractivity contribution is 6.92. The fourth-order valence-electron chi connectivity index (χ4n) is 6.27. The van der Waals surface area contributed by atoms with Crippen LogP contribution in [0.5, 0.6) is 0 Å². The molecule has 2 atom stereocenters. The highest BCUT2D eigenvalue weighted by Crippen LogP contribution is 2.22. The van der Waals surface area contributed by atoms with Crippen LogP contribution in [0, 0.1) is 13.8 Å². The number of nitrogens with zero attached hydrogens (tertiary/aromatic N) is 2. The maximum Gasteiger partial charge on any atom is 0.287 e. The van der Waals surface area contributed by atoms with Crippen molar-refractivity contribution in [3.63, 3.8) is 0 Å². The smallest absolute Gasteiger partial charge is 0.287 e. The van der Waals surface area contributed by atoms with Crippen molar-refractivity contribution in [2.24, 2.45) is 0 Å². The quantitative estimate of drug-likeness (QED) is 0.0380. The maximum absolute atomic E-state index is 8.64. The number of carboxylic acid groups (broad SMARTS) is 2. The van der Waals surface area contributed by atoms with Gasteiger partial charge in [0.1, 0.15) is 13.1 Å². The Kier molecular flexibility index (Phi) is 40.6. The first-order valence-electron chi connectivity index (χ1n) is 19.4. The van der Waals surface area contributed by atoms with Gasteiger partial charge in [-0.15, -0.1) is 0 Å². The number of unbranched alkanes of at least 4 members (excludes halogenated alkanes) is 6. The van der Waals surface area contributed by atoms with Crippen LogP contribution in [0.2, 0.25) is 0 Å². The Morgan fingerprint density at radius 3 is 0.885 bits per heavy atom. The second-order valence-corrected chi connectivity index (χ2v) is 13.9. The molecular formula is C42H79N2O6P2-. The van der Waals surface area contributed by atoms with E-state index in [0.717, 1.165) is 0 Å². The lowest BCUT2D eigenvalue weighted by Crippen LogP contribution is -2.49. The lowest BCUT2D eigenvalue weighted by Gasteiger charge is -2.39. The number of hydrogen-bond donors (Lipinski definition) is 0. The Bertz CT molecular complexity index is 948. The van der Waals surface area contributed by atoms with Crippen LogP contribution in [0.25, 0.3) is 0 Å². The molecule has 0 saturated carbocycles. The van der Waals surface area contributed by atoms with Gasteiger partial charge in [-0.1, -0.05) is 140 Å². The zero-order chi connectivity index (χ0) is 38.1. The number of carbonyl (C=O) groups is 2. The molecule has 52 heavy (non-hydrogen) atoms. The van der Waals surface area contributed by atoms with Crippen molar-refractivity contribution >= 4 is 32.4 Å². The standard InChI is InChI=1S/2C20H36N.2CH2O3.2H3P/c2*1-5-8-15-21(16-9-6-2,17-10-7-3)18-20-13-11-19(4)12-14-20;2-1-4-3;2-1(3)4;;/h2*11-14H,5-10,15-18H2,1-4H3;1,3H;(H2,2,3,4);2*1H3/q2*+1;;;;/p-3. The lowest BCUT2D eigenvalue weighted by molar-refractivity contribution is -0.941. The van der Waals surface area contributed by atoms with Gasteiger partial charge >= 0.3 is 0 Å². The Morgan fingerprint density at radius 1 is 0.538 bits per heavy atom. The Hall–Kier alpha value is -2.08. The first kappa shape index (κ1) is 56.7. The molecule has 0 aliphatic rings. The Labute approximate surface area is 326 Å². The maximum atomic E-state index is 8.64. The summed E-state index contributed by atoms with van der Waals surface area (Å²) >= 11 is 0. The summed E-state index contributed by atoms with van der Waals surface area (Å²) in [7, 11) is 0. The first-order chi connectivity index (χ1) is 24.0. The van der Waals surface area contributed by atoms with Gasteiger partial charge in [-0.2, -0.15) is 19.8 Å². The summed E-state index contributed by atoms with van der Waals surface area (Å²) < 4.78 is 2.61. The molecule has 0 N–H and O–H groups in total. The minimum Gasteiger partial charge on any atom is -0.662 e. The minimum atomic E-state index is -2.33. The van der Waals surface area contributed by atoms with Crippen molar-refractivity contribution in [2.45, 2.75) is 146 Å². The summed E-state index contributed by atoms with van der Waals surface area (Å²) in [5.41, 5.74) is 5.77. The average Bonchev–Trinajstić information content (AvgIpc) is 3.11. The van der Waals surface area contributed by atoms with Gasteiger partial charge in [0.2, 0.25) is 0 Å². The number of rotatable bonds is 23. The molecule has 2 aromatic carbocycles. The number of hydrogen-bond acceptors (Lipinski definition) is 6. The average molecular weight is 770 g/mol. The molecule has 0 bridgehead atoms. The van der Waals surface area contributed by atoms with Crippen LogP contribution in [0.4, 0.5) is 4.79 Å². The second-order valence-electron chi connectivity index (χ2n) is 13.9. The molecule has 0 aliphatic carbocycles. The van der Waals surface area contributed by atoms with E-state index in [0.29, 0.717) is 0 Å². The van der Waals surface area contributed by atoms with Gasteiger partial charge in [-0.3, -0.25) is 4.79 Å². The second kappa shape index (κ2) is 37.2. The van der Waals surface area contributed by atoms with Crippen molar-refractivity contribution < 1.29 is 38.9 Å². The fraction of sp³-hybridized carbons (Fsp3) is 0.667. The molecule has 2 rings (SSSR count). The van der Waals surface area contributed by atoms with Crippen LogP contribution in [0.3, 0.4) is 0 Å². The molecule has 8 nitrogen and oxygen atoms in total. The molecule has 0 aliphatic heterocycles. The third-order valence-corrected chi connectivity index (χ3v) is 9.23. The SMILES string of the molecule is CCCC[N+](CCCC)(CCCC)Cc1ccc(C)cc1.CCCC[N+](CCCC)(CCCC)Cc1ccc(C)cc1.O=C([O-])[O-].O=CO[O-].P.P. The Morgan fingerprint density at radius 2 is 0.731 bits per heavy atom. The molecule has 304 valence electrons. The summed E-state index contributed by atoms with van der Waals surface area (Å²) in [6.07, 6.45) is 13.7. The molecule has 0 aromatic heterocycles. The van der Waals surface area contributed by atoms with Crippen LogP contribution in [-0.4, -0.2) is 60.9 Å². The largest absolute Gasteiger partial charge is 0.662 e. The molecule has 0 fully saturated rings. The van der Waals surface area contributed by atoms with Crippen molar-refractivity contribution in [1.82, 2.24) is 0 Å². The normalized spacial score (nSPS) is 10.4. The molecule has 2 unspecified atom stereocenters. The van der Waals surface area contributed by atoms with E-state index in [-0.39, 0.29) is 26.3 Å². The third-order valence-electron chi connectivity index (χ3n) is 9.23. The van der Waals surface area contributed by atoms with Crippen molar-refractivity contribution in [1.29, 1.82) is 0 Å². The summed E-state index contributed by atoms with van der Waals surface area (Å²) in [6, 6.07) is 18.4. The lowest BCUT2D eigenvalue weighted by atomic mass is 10.1. The zero-order valence-electron chi connectivity index (χ0n) is 34.6. The molecule has 10 heteroatoms. The van der Waals surface area contributed by atoms with Gasteiger partial charge in [0.15, 0.2) is 0 Å². The molecule has 0 amide bonds. The fourth-order valence-corrected chi connectivity index (χ4v) is 6.27. The van der Waals surface area contributed by atoms with Crippen molar-refractivity contribution in [3.05, 3.63) is 70.8 Å². The topological polar surface area (TPSA) is 113 Å². The molecule has 0 heterocycles. The minimum absolute atomic E-state index is 0. The zero-order valence-corrected chi connectivity index (χ0v) is 37.4. The summed E-state index contributed by atoms with van der Waals surface area (Å²) in [6.45, 7) is 28.6. The highest BCUT2D eigenvalue weighted by atomic mass is 31.0. The van der Waals surface area contributed by atoms with Gasteiger partial charge in [0.05, 0.1) is 39.3 Å². The summed E-state index contributed by atoms with van der Waals surface area (Å²) in [5, 5.41) is 25.1. The molecular weight excluding hydrogens is 690 g/mol. The van der Waals surface area contributed by atoms with Gasteiger partial charge in [-0.25, -0.2) is 0 Å². The number of aryl methyl sites for hydroxylation is 2. The van der Waals surface area contributed by atoms with Gasteiger partial charge in [-0.05, 0) is 58.5 Å². The van der Waals surface area contributed by atoms with E-state index in [9.17, 15) is 0 Å². The number of quaternary nitrogens is 2. The van der Waals surface area contributed by atoms with Crippen LogP contribution in [0.15, 0.2) is 48.5 Å². The predicted octanol–water partition coefficient (Wildman–Crippen LogP) is 7.53. The molecule has 0 radical (unpaired) electrons. The molecule has 0 saturated heterocycles. The van der Waals surface area contributed by atoms with Crippen LogP contribution < -0.4 is 15.5 Å². The van der Waals surface area contributed by atoms with Crippen molar-refractivity contribution in [2.75, 3.05) is 39.3 Å². The van der Waals surface area contributed by atoms with E-state index in [2.05, 4.69) is 109 Å². The summed E-state index contributed by atoms with van der Waals surface area (Å²) in [4.78, 5) is 19.6. The number of benzene rings is 2. The third kappa shape index (κ3) is 30.4. The number of carbonyl (C=O) groups excluding carboxylic acids is 2. The monoisotopic (exact) mass is 770 g/mol. The van der Waals surface area contributed by atoms with E-state index < -0.39 is 6.16 Å². The van der Waals surface area contributed by atoms with Gasteiger partial charge in [0.25, 0.3) is 6.47 Å². The van der Waals surface area contributed by atoms with Crippen LogP contribution in [-0.2, 0) is 22.8 Å². The van der Waals surface area contributed by atoms with Crippen molar-refractivity contribution in [3.8, 4) is 0 Å². The molecule has 2 aromatic rings. The van der Waals surface area contributed by atoms with E-state index in [1.807, 2.05) is 0 Å².